The van der Waals surface area contributed by atoms with Crippen molar-refractivity contribution in [2.75, 3.05) is 26.3 Å². The van der Waals surface area contributed by atoms with Crippen molar-refractivity contribution < 1.29 is 14.3 Å². The van der Waals surface area contributed by atoms with E-state index in [-0.39, 0.29) is 18.4 Å². The highest BCUT2D eigenvalue weighted by molar-refractivity contribution is 5.96. The Morgan fingerprint density at radius 3 is 2.60 bits per heavy atom. The fourth-order valence-electron chi connectivity index (χ4n) is 2.93. The van der Waals surface area contributed by atoms with Gasteiger partial charge in [0.2, 0.25) is 0 Å². The minimum Gasteiger partial charge on any atom is -0.372 e. The van der Waals surface area contributed by atoms with Crippen LogP contribution < -0.4 is 0 Å². The highest BCUT2D eigenvalue weighted by Crippen LogP contribution is 2.19. The van der Waals surface area contributed by atoms with E-state index >= 15 is 0 Å². The Kier molecular flexibility index (Phi) is 5.14. The Balaban J connectivity index is 1.81. The minimum absolute atomic E-state index is 0.0114. The number of amides is 2. The third-order valence-corrected chi connectivity index (χ3v) is 4.22. The lowest BCUT2D eigenvalue weighted by Crippen LogP contribution is -2.46. The van der Waals surface area contributed by atoms with E-state index in [2.05, 4.69) is 5.10 Å². The SMILES string of the molecule is CCOCC(=O)N1CCCN1C(=O)c1cnn(-c2ccccc2)c1C. The number of hydrogen-bond donors (Lipinski definition) is 0. The van der Waals surface area contributed by atoms with Crippen LogP contribution in [0.15, 0.2) is 36.5 Å². The molecule has 0 N–H and O–H groups in total. The van der Waals surface area contributed by atoms with Gasteiger partial charge < -0.3 is 4.74 Å². The molecule has 1 saturated heterocycles. The molecule has 2 aromatic rings. The fourth-order valence-corrected chi connectivity index (χ4v) is 2.93. The summed E-state index contributed by atoms with van der Waals surface area (Å²) in [4.78, 5) is 25.2. The van der Waals surface area contributed by atoms with Gasteiger partial charge in [0, 0.05) is 19.7 Å². The van der Waals surface area contributed by atoms with E-state index in [1.807, 2.05) is 44.2 Å². The molecule has 0 saturated carbocycles. The van der Waals surface area contributed by atoms with Crippen molar-refractivity contribution in [3.05, 3.63) is 47.8 Å². The molecule has 0 spiro atoms. The van der Waals surface area contributed by atoms with E-state index in [0.717, 1.165) is 17.8 Å². The maximum atomic E-state index is 12.9. The quantitative estimate of drug-likeness (QED) is 0.831. The van der Waals surface area contributed by atoms with Crippen molar-refractivity contribution in [1.29, 1.82) is 0 Å². The normalized spacial score (nSPS) is 14.2. The van der Waals surface area contributed by atoms with Gasteiger partial charge >= 0.3 is 0 Å². The van der Waals surface area contributed by atoms with Crippen molar-refractivity contribution in [2.45, 2.75) is 20.3 Å². The van der Waals surface area contributed by atoms with Crippen molar-refractivity contribution in [3.63, 3.8) is 0 Å². The van der Waals surface area contributed by atoms with Crippen LogP contribution in [0.25, 0.3) is 5.69 Å². The number of rotatable bonds is 5. The summed E-state index contributed by atoms with van der Waals surface area (Å²) in [5.41, 5.74) is 2.14. The first-order valence-corrected chi connectivity index (χ1v) is 8.43. The number of carbonyl (C=O) groups excluding carboxylic acids is 2. The number of carbonyl (C=O) groups is 2. The first-order valence-electron chi connectivity index (χ1n) is 8.43. The number of hydrogen-bond acceptors (Lipinski definition) is 4. The zero-order valence-electron chi connectivity index (χ0n) is 14.5. The molecule has 132 valence electrons. The third-order valence-electron chi connectivity index (χ3n) is 4.22. The summed E-state index contributed by atoms with van der Waals surface area (Å²) in [6.07, 6.45) is 2.32. The lowest BCUT2D eigenvalue weighted by atomic mass is 10.2. The largest absolute Gasteiger partial charge is 0.372 e. The number of ether oxygens (including phenoxy) is 1. The van der Waals surface area contributed by atoms with Crippen LogP contribution in [0.5, 0.6) is 0 Å². The lowest BCUT2D eigenvalue weighted by Gasteiger charge is -2.27. The second kappa shape index (κ2) is 7.48. The van der Waals surface area contributed by atoms with Crippen LogP contribution in [0.1, 0.15) is 29.4 Å². The van der Waals surface area contributed by atoms with Gasteiger partial charge in [-0.2, -0.15) is 5.10 Å². The predicted octanol–water partition coefficient (Wildman–Crippen LogP) is 1.81. The van der Waals surface area contributed by atoms with Crippen LogP contribution >= 0.6 is 0 Å². The van der Waals surface area contributed by atoms with E-state index in [0.29, 0.717) is 25.3 Å². The van der Waals surface area contributed by atoms with Crippen LogP contribution in [-0.2, 0) is 9.53 Å². The Morgan fingerprint density at radius 2 is 1.88 bits per heavy atom. The maximum absolute atomic E-state index is 12.9. The standard InChI is InChI=1S/C18H22N4O3/c1-3-25-13-17(23)20-10-7-11-21(20)18(24)16-12-19-22(14(16)2)15-8-5-4-6-9-15/h4-6,8-9,12H,3,7,10-11,13H2,1-2H3. The molecule has 0 aliphatic carbocycles. The molecule has 1 aromatic carbocycles. The highest BCUT2D eigenvalue weighted by atomic mass is 16.5. The van der Waals surface area contributed by atoms with E-state index in [1.54, 1.807) is 10.9 Å². The monoisotopic (exact) mass is 342 g/mol. The van der Waals surface area contributed by atoms with Gasteiger partial charge in [-0.1, -0.05) is 18.2 Å². The minimum atomic E-state index is -0.206. The molecule has 0 bridgehead atoms. The zero-order chi connectivity index (χ0) is 17.8. The first kappa shape index (κ1) is 17.2. The molecule has 25 heavy (non-hydrogen) atoms. The average molecular weight is 342 g/mol. The molecule has 7 heteroatoms. The molecule has 0 radical (unpaired) electrons. The van der Waals surface area contributed by atoms with E-state index in [4.69, 9.17) is 4.74 Å². The summed E-state index contributed by atoms with van der Waals surface area (Å²) in [5, 5.41) is 7.32. The summed E-state index contributed by atoms with van der Waals surface area (Å²) < 4.78 is 6.91. The smallest absolute Gasteiger partial charge is 0.275 e. The van der Waals surface area contributed by atoms with Crippen LogP contribution in [0.3, 0.4) is 0 Å². The van der Waals surface area contributed by atoms with Crippen molar-refractivity contribution in [2.24, 2.45) is 0 Å². The zero-order valence-corrected chi connectivity index (χ0v) is 14.5. The second-order valence-corrected chi connectivity index (χ2v) is 5.83. The molecule has 2 amide bonds. The molecule has 0 atom stereocenters. The van der Waals surface area contributed by atoms with E-state index < -0.39 is 0 Å². The van der Waals surface area contributed by atoms with Gasteiger partial charge in [0.1, 0.15) is 6.61 Å². The maximum Gasteiger partial charge on any atom is 0.275 e. The topological polar surface area (TPSA) is 67.7 Å². The lowest BCUT2D eigenvalue weighted by molar-refractivity contribution is -0.145. The molecule has 1 aliphatic rings. The van der Waals surface area contributed by atoms with Crippen LogP contribution in [0, 0.1) is 6.92 Å². The Hall–Kier alpha value is -2.67. The van der Waals surface area contributed by atoms with Crippen molar-refractivity contribution in [3.8, 4) is 5.69 Å². The van der Waals surface area contributed by atoms with E-state index in [1.165, 1.54) is 10.0 Å². The van der Waals surface area contributed by atoms with Gasteiger partial charge in [0.15, 0.2) is 0 Å². The molecular formula is C18H22N4O3. The summed E-state index contributed by atoms with van der Waals surface area (Å²) >= 11 is 0. The van der Waals surface area contributed by atoms with Crippen LogP contribution in [0.4, 0.5) is 0 Å². The Labute approximate surface area is 146 Å². The fraction of sp³-hybridized carbons (Fsp3) is 0.389. The third kappa shape index (κ3) is 3.41. The molecule has 1 aromatic heterocycles. The van der Waals surface area contributed by atoms with Gasteiger partial charge in [-0.3, -0.25) is 9.59 Å². The summed E-state index contributed by atoms with van der Waals surface area (Å²) in [6, 6.07) is 9.64. The Bertz CT molecular complexity index is 757. The van der Waals surface area contributed by atoms with Crippen LogP contribution in [0.2, 0.25) is 0 Å². The molecule has 0 unspecified atom stereocenters. The Morgan fingerprint density at radius 1 is 1.16 bits per heavy atom. The summed E-state index contributed by atoms with van der Waals surface area (Å²) in [6.45, 7) is 5.20. The molecular weight excluding hydrogens is 320 g/mol. The molecule has 7 nitrogen and oxygen atoms in total. The number of aromatic nitrogens is 2. The van der Waals surface area contributed by atoms with Crippen molar-refractivity contribution >= 4 is 11.8 Å². The molecule has 2 heterocycles. The van der Waals surface area contributed by atoms with Gasteiger partial charge in [-0.05, 0) is 32.4 Å². The average Bonchev–Trinajstić information content (AvgIpc) is 3.27. The predicted molar refractivity (Wildman–Crippen MR) is 92.2 cm³/mol. The number of benzene rings is 1. The van der Waals surface area contributed by atoms with Gasteiger partial charge in [-0.25, -0.2) is 14.7 Å². The molecule has 1 fully saturated rings. The number of para-hydroxylation sites is 1. The number of nitrogens with zero attached hydrogens (tertiary/aromatic N) is 4. The molecule has 3 rings (SSSR count). The van der Waals surface area contributed by atoms with Gasteiger partial charge in [-0.15, -0.1) is 0 Å². The summed E-state index contributed by atoms with van der Waals surface area (Å²) in [7, 11) is 0. The van der Waals surface area contributed by atoms with Crippen molar-refractivity contribution in [1.82, 2.24) is 19.8 Å². The molecule has 1 aliphatic heterocycles. The first-order chi connectivity index (χ1) is 12.1. The highest BCUT2D eigenvalue weighted by Gasteiger charge is 2.32. The number of hydrazine groups is 1. The van der Waals surface area contributed by atoms with Gasteiger partial charge in [0.25, 0.3) is 11.8 Å². The van der Waals surface area contributed by atoms with Crippen LogP contribution in [-0.4, -0.2) is 57.9 Å². The summed E-state index contributed by atoms with van der Waals surface area (Å²) in [5.74, 6) is -0.400. The van der Waals surface area contributed by atoms with Gasteiger partial charge in [0.05, 0.1) is 23.1 Å². The second-order valence-electron chi connectivity index (χ2n) is 5.83. The van der Waals surface area contributed by atoms with E-state index in [9.17, 15) is 9.59 Å².